The van der Waals surface area contributed by atoms with Gasteiger partial charge in [-0.05, 0) is 42.3 Å². The van der Waals surface area contributed by atoms with Crippen molar-refractivity contribution in [1.82, 2.24) is 10.2 Å². The number of aromatic nitrogens is 1. The van der Waals surface area contributed by atoms with E-state index < -0.39 is 18.0 Å². The summed E-state index contributed by atoms with van der Waals surface area (Å²) in [7, 11) is 1.25. The molecule has 2 amide bonds. The first-order valence-electron chi connectivity index (χ1n) is 11.3. The highest BCUT2D eigenvalue weighted by molar-refractivity contribution is 6.06. The molecule has 1 aliphatic rings. The maximum Gasteiger partial charge on any atom is 0.573 e. The van der Waals surface area contributed by atoms with Crippen molar-refractivity contribution in [2.24, 2.45) is 11.0 Å². The van der Waals surface area contributed by atoms with Gasteiger partial charge in [0.05, 0.1) is 25.6 Å². The standard InChI is InChI=1S/C25H23F3N4O5/c1-3-16-13-22(33)32(14-15-4-7-18(8-5-15)30-24(34)20-10-11-29-37-20)31-23(16)17-6-9-19(35-2)21(12-17)36-25(26,27)28/h4-12,16H,3,13-14H2,1-2H3,(H,30,34). The largest absolute Gasteiger partial charge is 0.573 e. The van der Waals surface area contributed by atoms with Gasteiger partial charge in [0.15, 0.2) is 11.5 Å². The molecule has 37 heavy (non-hydrogen) atoms. The molecule has 1 aromatic heterocycles. The maximum absolute atomic E-state index is 12.9. The molecule has 1 unspecified atom stereocenters. The van der Waals surface area contributed by atoms with Crippen LogP contribution in [0.4, 0.5) is 18.9 Å². The fourth-order valence-electron chi connectivity index (χ4n) is 3.87. The molecule has 0 spiro atoms. The number of benzene rings is 2. The lowest BCUT2D eigenvalue weighted by Gasteiger charge is -2.29. The molecule has 9 nitrogen and oxygen atoms in total. The molecule has 0 fully saturated rings. The molecule has 0 saturated heterocycles. The van der Waals surface area contributed by atoms with Crippen LogP contribution in [0.25, 0.3) is 0 Å². The van der Waals surface area contributed by atoms with Crippen LogP contribution in [0.2, 0.25) is 0 Å². The van der Waals surface area contributed by atoms with Gasteiger partial charge in [-0.2, -0.15) is 5.10 Å². The van der Waals surface area contributed by atoms with Gasteiger partial charge in [-0.25, -0.2) is 5.01 Å². The van der Waals surface area contributed by atoms with Crippen LogP contribution < -0.4 is 14.8 Å². The Morgan fingerprint density at radius 2 is 1.92 bits per heavy atom. The summed E-state index contributed by atoms with van der Waals surface area (Å²) in [6.45, 7) is 2.02. The van der Waals surface area contributed by atoms with Gasteiger partial charge in [0.25, 0.3) is 5.91 Å². The summed E-state index contributed by atoms with van der Waals surface area (Å²) in [4.78, 5) is 24.9. The summed E-state index contributed by atoms with van der Waals surface area (Å²) < 4.78 is 52.7. The first-order chi connectivity index (χ1) is 17.7. The van der Waals surface area contributed by atoms with E-state index in [0.717, 1.165) is 5.56 Å². The lowest BCUT2D eigenvalue weighted by molar-refractivity contribution is -0.275. The Morgan fingerprint density at radius 1 is 1.16 bits per heavy atom. The van der Waals surface area contributed by atoms with Crippen LogP contribution >= 0.6 is 0 Å². The van der Waals surface area contributed by atoms with Gasteiger partial charge < -0.3 is 19.3 Å². The van der Waals surface area contributed by atoms with Crippen LogP contribution in [-0.2, 0) is 11.3 Å². The monoisotopic (exact) mass is 516 g/mol. The second kappa shape index (κ2) is 10.7. The number of ether oxygens (including phenoxy) is 2. The van der Waals surface area contributed by atoms with Crippen molar-refractivity contribution < 1.29 is 36.8 Å². The average Bonchev–Trinajstić information content (AvgIpc) is 3.40. The first kappa shape index (κ1) is 25.7. The number of alkyl halides is 3. The quantitative estimate of drug-likeness (QED) is 0.452. The molecular weight excluding hydrogens is 493 g/mol. The number of hydrogen-bond acceptors (Lipinski definition) is 7. The zero-order chi connectivity index (χ0) is 26.6. The minimum absolute atomic E-state index is 0.0673. The van der Waals surface area contributed by atoms with E-state index in [1.54, 1.807) is 30.3 Å². The molecule has 0 bridgehead atoms. The summed E-state index contributed by atoms with van der Waals surface area (Å²) in [5.74, 6) is -1.43. The van der Waals surface area contributed by atoms with E-state index in [4.69, 9.17) is 9.26 Å². The Kier molecular flexibility index (Phi) is 7.46. The normalized spacial score (nSPS) is 15.8. The summed E-state index contributed by atoms with van der Waals surface area (Å²) in [5.41, 5.74) is 2.13. The highest BCUT2D eigenvalue weighted by atomic mass is 19.4. The lowest BCUT2D eigenvalue weighted by atomic mass is 9.89. The van der Waals surface area contributed by atoms with Crippen molar-refractivity contribution in [3.8, 4) is 11.5 Å². The van der Waals surface area contributed by atoms with Gasteiger partial charge in [0.2, 0.25) is 11.7 Å². The summed E-state index contributed by atoms with van der Waals surface area (Å²) in [6.07, 6.45) is -2.81. The van der Waals surface area contributed by atoms with Crippen molar-refractivity contribution in [2.45, 2.75) is 32.7 Å². The molecule has 1 N–H and O–H groups in total. The fourth-order valence-corrected chi connectivity index (χ4v) is 3.87. The molecule has 0 saturated carbocycles. The smallest absolute Gasteiger partial charge is 0.493 e. The fraction of sp³-hybridized carbons (Fsp3) is 0.280. The third kappa shape index (κ3) is 6.26. The topological polar surface area (TPSA) is 106 Å². The van der Waals surface area contributed by atoms with Gasteiger partial charge in [-0.15, -0.1) is 13.2 Å². The van der Waals surface area contributed by atoms with E-state index in [2.05, 4.69) is 20.3 Å². The summed E-state index contributed by atoms with van der Waals surface area (Å²) in [6, 6.07) is 12.4. The second-order valence-corrected chi connectivity index (χ2v) is 8.19. The van der Waals surface area contributed by atoms with Crippen LogP contribution in [-0.4, -0.2) is 41.2 Å². The highest BCUT2D eigenvalue weighted by Crippen LogP contribution is 2.35. The number of hydrogen-bond donors (Lipinski definition) is 1. The van der Waals surface area contributed by atoms with Crippen LogP contribution in [0, 0.1) is 5.92 Å². The minimum atomic E-state index is -4.90. The molecule has 2 heterocycles. The van der Waals surface area contributed by atoms with E-state index in [1.807, 2.05) is 6.92 Å². The van der Waals surface area contributed by atoms with Crippen LogP contribution in [0.5, 0.6) is 11.5 Å². The number of carbonyl (C=O) groups excluding carboxylic acids is 2. The number of nitrogens with zero attached hydrogens (tertiary/aromatic N) is 3. The number of methoxy groups -OCH3 is 1. The Labute approximate surface area is 209 Å². The van der Waals surface area contributed by atoms with Crippen molar-refractivity contribution >= 4 is 23.2 Å². The van der Waals surface area contributed by atoms with E-state index in [-0.39, 0.29) is 36.3 Å². The minimum Gasteiger partial charge on any atom is -0.493 e. The van der Waals surface area contributed by atoms with E-state index in [9.17, 15) is 22.8 Å². The zero-order valence-electron chi connectivity index (χ0n) is 19.9. The van der Waals surface area contributed by atoms with Gasteiger partial charge >= 0.3 is 6.36 Å². The molecule has 2 aromatic carbocycles. The summed E-state index contributed by atoms with van der Waals surface area (Å²) in [5, 5.41) is 12.0. The second-order valence-electron chi connectivity index (χ2n) is 8.19. The zero-order valence-corrected chi connectivity index (χ0v) is 19.9. The molecule has 194 valence electrons. The third-order valence-electron chi connectivity index (χ3n) is 5.71. The van der Waals surface area contributed by atoms with Crippen LogP contribution in [0.1, 0.15) is 41.4 Å². The van der Waals surface area contributed by atoms with Gasteiger partial charge in [0, 0.05) is 29.7 Å². The Bertz CT molecular complexity index is 1290. The average molecular weight is 516 g/mol. The molecule has 4 rings (SSSR count). The molecule has 3 aromatic rings. The molecule has 1 aliphatic heterocycles. The van der Waals surface area contributed by atoms with Gasteiger partial charge in [-0.1, -0.05) is 24.2 Å². The van der Waals surface area contributed by atoms with Crippen molar-refractivity contribution in [2.75, 3.05) is 12.4 Å². The molecule has 0 aliphatic carbocycles. The highest BCUT2D eigenvalue weighted by Gasteiger charge is 2.34. The molecule has 1 atom stereocenters. The Balaban J connectivity index is 1.55. The number of halogens is 3. The van der Waals surface area contributed by atoms with Crippen molar-refractivity contribution in [1.29, 1.82) is 0 Å². The first-order valence-corrected chi connectivity index (χ1v) is 11.3. The number of anilines is 1. The number of hydrazone groups is 1. The summed E-state index contributed by atoms with van der Waals surface area (Å²) >= 11 is 0. The van der Waals surface area contributed by atoms with Crippen LogP contribution in [0.15, 0.2) is 64.4 Å². The van der Waals surface area contributed by atoms with E-state index in [0.29, 0.717) is 23.4 Å². The molecular formula is C25H23F3N4O5. The SMILES string of the molecule is CCC1CC(=O)N(Cc2ccc(NC(=O)c3ccno3)cc2)N=C1c1ccc(OC)c(OC(F)(F)F)c1. The number of carbonyl (C=O) groups is 2. The van der Waals surface area contributed by atoms with Crippen molar-refractivity contribution in [3.63, 3.8) is 0 Å². The third-order valence-corrected chi connectivity index (χ3v) is 5.71. The maximum atomic E-state index is 12.9. The Morgan fingerprint density at radius 3 is 2.54 bits per heavy atom. The van der Waals surface area contributed by atoms with Crippen molar-refractivity contribution in [3.05, 3.63) is 71.6 Å². The predicted octanol–water partition coefficient (Wildman–Crippen LogP) is 5.00. The number of amides is 2. The lowest BCUT2D eigenvalue weighted by Crippen LogP contribution is -2.36. The number of rotatable bonds is 8. The van der Waals surface area contributed by atoms with Crippen LogP contribution in [0.3, 0.4) is 0 Å². The van der Waals surface area contributed by atoms with Gasteiger partial charge in [0.1, 0.15) is 0 Å². The number of nitrogens with one attached hydrogen (secondary N) is 1. The predicted molar refractivity (Wildman–Crippen MR) is 126 cm³/mol. The Hall–Kier alpha value is -4.35. The van der Waals surface area contributed by atoms with E-state index >= 15 is 0 Å². The molecule has 12 heteroatoms. The van der Waals surface area contributed by atoms with E-state index in [1.165, 1.54) is 36.5 Å². The van der Waals surface area contributed by atoms with Gasteiger partial charge in [-0.3, -0.25) is 9.59 Å². The molecule has 0 radical (unpaired) electrons.